The number of rotatable bonds is 5. The fourth-order valence-electron chi connectivity index (χ4n) is 2.56. The summed E-state index contributed by atoms with van der Waals surface area (Å²) >= 11 is 1.76. The third-order valence-corrected chi connectivity index (χ3v) is 4.76. The van der Waals surface area contributed by atoms with E-state index in [4.69, 9.17) is 4.98 Å². The smallest absolute Gasteiger partial charge is 0.185 e. The lowest BCUT2D eigenvalue weighted by atomic mass is 10.1. The molecular formula is C16H22N4S. The molecule has 2 aromatic rings. The Bertz CT molecular complexity index is 558. The SMILES string of the molecule is CNc1ccc(NCc2csc(N3CCCCC3)n2)cc1. The summed E-state index contributed by atoms with van der Waals surface area (Å²) in [7, 11) is 1.93. The van der Waals surface area contributed by atoms with Crippen LogP contribution in [0.5, 0.6) is 0 Å². The van der Waals surface area contributed by atoms with Crippen molar-refractivity contribution in [3.8, 4) is 0 Å². The molecule has 3 rings (SSSR count). The molecule has 1 aliphatic rings. The number of nitrogens with zero attached hydrogens (tertiary/aromatic N) is 2. The Morgan fingerprint density at radius 3 is 2.52 bits per heavy atom. The predicted octanol–water partition coefficient (Wildman–Crippen LogP) is 3.79. The molecule has 1 aliphatic heterocycles. The van der Waals surface area contributed by atoms with E-state index in [1.807, 2.05) is 7.05 Å². The lowest BCUT2D eigenvalue weighted by Crippen LogP contribution is -2.29. The summed E-state index contributed by atoms with van der Waals surface area (Å²) < 4.78 is 0. The Labute approximate surface area is 130 Å². The molecule has 0 radical (unpaired) electrons. The highest BCUT2D eigenvalue weighted by molar-refractivity contribution is 7.13. The van der Waals surface area contributed by atoms with Crippen molar-refractivity contribution in [1.29, 1.82) is 0 Å². The van der Waals surface area contributed by atoms with Crippen LogP contribution in [0.1, 0.15) is 25.0 Å². The van der Waals surface area contributed by atoms with Crippen LogP contribution in [0.15, 0.2) is 29.6 Å². The van der Waals surface area contributed by atoms with E-state index < -0.39 is 0 Å². The minimum Gasteiger partial charge on any atom is -0.388 e. The van der Waals surface area contributed by atoms with Gasteiger partial charge >= 0.3 is 0 Å². The molecule has 1 aromatic heterocycles. The maximum atomic E-state index is 4.75. The van der Waals surface area contributed by atoms with Gasteiger partial charge in [-0.25, -0.2) is 4.98 Å². The van der Waals surface area contributed by atoms with Crippen LogP contribution in [-0.2, 0) is 6.54 Å². The van der Waals surface area contributed by atoms with Crippen LogP contribution in [0.3, 0.4) is 0 Å². The fraction of sp³-hybridized carbons (Fsp3) is 0.438. The molecule has 5 heteroatoms. The van der Waals surface area contributed by atoms with Crippen LogP contribution in [0.2, 0.25) is 0 Å². The van der Waals surface area contributed by atoms with Gasteiger partial charge in [0.2, 0.25) is 0 Å². The summed E-state index contributed by atoms with van der Waals surface area (Å²) in [6.07, 6.45) is 3.95. The number of piperidine rings is 1. The number of aromatic nitrogens is 1. The minimum atomic E-state index is 0.781. The van der Waals surface area contributed by atoms with Crippen LogP contribution in [-0.4, -0.2) is 25.1 Å². The van der Waals surface area contributed by atoms with Gasteiger partial charge in [0.15, 0.2) is 5.13 Å². The van der Waals surface area contributed by atoms with Gasteiger partial charge in [-0.1, -0.05) is 0 Å². The van der Waals surface area contributed by atoms with Gasteiger partial charge in [0.05, 0.1) is 12.2 Å². The van der Waals surface area contributed by atoms with Gasteiger partial charge in [-0.3, -0.25) is 0 Å². The molecular weight excluding hydrogens is 280 g/mol. The topological polar surface area (TPSA) is 40.2 Å². The zero-order valence-corrected chi connectivity index (χ0v) is 13.2. The van der Waals surface area contributed by atoms with Crippen molar-refractivity contribution in [3.63, 3.8) is 0 Å². The average Bonchev–Trinajstić information content (AvgIpc) is 3.03. The van der Waals surface area contributed by atoms with E-state index in [9.17, 15) is 0 Å². The van der Waals surface area contributed by atoms with Crippen molar-refractivity contribution < 1.29 is 0 Å². The summed E-state index contributed by atoms with van der Waals surface area (Å²) in [6.45, 7) is 3.10. The van der Waals surface area contributed by atoms with Crippen LogP contribution < -0.4 is 15.5 Å². The van der Waals surface area contributed by atoms with Gasteiger partial charge in [0.25, 0.3) is 0 Å². The van der Waals surface area contributed by atoms with Gasteiger partial charge < -0.3 is 15.5 Å². The Hall–Kier alpha value is -1.75. The molecule has 0 amide bonds. The van der Waals surface area contributed by atoms with E-state index in [1.165, 1.54) is 24.4 Å². The Morgan fingerprint density at radius 2 is 1.81 bits per heavy atom. The van der Waals surface area contributed by atoms with Gasteiger partial charge in [0, 0.05) is 36.9 Å². The molecule has 0 unspecified atom stereocenters. The first-order chi connectivity index (χ1) is 10.3. The first-order valence-electron chi connectivity index (χ1n) is 7.56. The maximum absolute atomic E-state index is 4.75. The van der Waals surface area contributed by atoms with E-state index in [0.717, 1.165) is 36.7 Å². The molecule has 21 heavy (non-hydrogen) atoms. The third kappa shape index (κ3) is 3.67. The van der Waals surface area contributed by atoms with E-state index in [-0.39, 0.29) is 0 Å². The van der Waals surface area contributed by atoms with Crippen molar-refractivity contribution in [2.24, 2.45) is 0 Å². The molecule has 1 aromatic carbocycles. The minimum absolute atomic E-state index is 0.781. The number of hydrogen-bond donors (Lipinski definition) is 2. The van der Waals surface area contributed by atoms with E-state index in [0.29, 0.717) is 0 Å². The van der Waals surface area contributed by atoms with Crippen LogP contribution in [0.4, 0.5) is 16.5 Å². The van der Waals surface area contributed by atoms with E-state index >= 15 is 0 Å². The van der Waals surface area contributed by atoms with Crippen LogP contribution in [0, 0.1) is 0 Å². The number of hydrogen-bond acceptors (Lipinski definition) is 5. The summed E-state index contributed by atoms with van der Waals surface area (Å²) in [5.41, 5.74) is 3.38. The lowest BCUT2D eigenvalue weighted by Gasteiger charge is -2.25. The standard InChI is InChI=1S/C16H22N4S/c1-17-13-5-7-14(8-6-13)18-11-15-12-21-16(19-15)20-9-3-2-4-10-20/h5-8,12,17-18H,2-4,9-11H2,1H3. The number of benzene rings is 1. The summed E-state index contributed by atoms with van der Waals surface area (Å²) in [6, 6.07) is 8.32. The average molecular weight is 302 g/mol. The highest BCUT2D eigenvalue weighted by Gasteiger charge is 2.14. The van der Waals surface area contributed by atoms with E-state index in [1.54, 1.807) is 11.3 Å². The molecule has 0 spiro atoms. The molecule has 0 saturated carbocycles. The van der Waals surface area contributed by atoms with Crippen molar-refractivity contribution in [3.05, 3.63) is 35.3 Å². The number of nitrogens with one attached hydrogen (secondary N) is 2. The zero-order chi connectivity index (χ0) is 14.5. The zero-order valence-electron chi connectivity index (χ0n) is 12.4. The van der Waals surface area contributed by atoms with Gasteiger partial charge in [-0.2, -0.15) is 0 Å². The largest absolute Gasteiger partial charge is 0.388 e. The Kier molecular flexibility index (Phi) is 4.60. The number of thiazole rings is 1. The highest BCUT2D eigenvalue weighted by Crippen LogP contribution is 2.24. The monoisotopic (exact) mass is 302 g/mol. The second kappa shape index (κ2) is 6.80. The molecule has 0 aliphatic carbocycles. The molecule has 2 heterocycles. The normalized spacial score (nSPS) is 15.0. The molecule has 4 nitrogen and oxygen atoms in total. The summed E-state index contributed by atoms with van der Waals surface area (Å²) in [5, 5.41) is 9.89. The first-order valence-corrected chi connectivity index (χ1v) is 8.44. The van der Waals surface area contributed by atoms with Crippen LogP contribution in [0.25, 0.3) is 0 Å². The summed E-state index contributed by atoms with van der Waals surface area (Å²) in [5.74, 6) is 0. The molecule has 0 atom stereocenters. The molecule has 1 saturated heterocycles. The molecule has 1 fully saturated rings. The van der Waals surface area contributed by atoms with Gasteiger partial charge in [0.1, 0.15) is 0 Å². The molecule has 2 N–H and O–H groups in total. The van der Waals surface area contributed by atoms with Crippen molar-refractivity contribution in [2.75, 3.05) is 35.7 Å². The van der Waals surface area contributed by atoms with E-state index in [2.05, 4.69) is 45.2 Å². The number of anilines is 3. The highest BCUT2D eigenvalue weighted by atomic mass is 32.1. The first kappa shape index (κ1) is 14.2. The van der Waals surface area contributed by atoms with Gasteiger partial charge in [-0.15, -0.1) is 11.3 Å². The quantitative estimate of drug-likeness (QED) is 0.881. The molecule has 112 valence electrons. The second-order valence-electron chi connectivity index (χ2n) is 5.35. The van der Waals surface area contributed by atoms with Crippen LogP contribution >= 0.6 is 11.3 Å². The predicted molar refractivity (Wildman–Crippen MR) is 91.5 cm³/mol. The van der Waals surface area contributed by atoms with Gasteiger partial charge in [-0.05, 0) is 43.5 Å². The van der Waals surface area contributed by atoms with Crippen molar-refractivity contribution >= 4 is 27.8 Å². The molecule has 0 bridgehead atoms. The third-order valence-electron chi connectivity index (χ3n) is 3.81. The van der Waals surface area contributed by atoms with Crippen molar-refractivity contribution in [1.82, 2.24) is 4.98 Å². The maximum Gasteiger partial charge on any atom is 0.185 e. The lowest BCUT2D eigenvalue weighted by molar-refractivity contribution is 0.576. The second-order valence-corrected chi connectivity index (χ2v) is 6.19. The van der Waals surface area contributed by atoms with Crippen molar-refractivity contribution in [2.45, 2.75) is 25.8 Å². The summed E-state index contributed by atoms with van der Waals surface area (Å²) in [4.78, 5) is 7.17. The Balaban J connectivity index is 1.56. The Morgan fingerprint density at radius 1 is 1.10 bits per heavy atom. The fourth-order valence-corrected chi connectivity index (χ4v) is 3.43.